The van der Waals surface area contributed by atoms with Crippen LogP contribution in [0.25, 0.3) is 10.6 Å². The number of aromatic amines is 1. The molecule has 34 heavy (non-hydrogen) atoms. The van der Waals surface area contributed by atoms with E-state index in [4.69, 9.17) is 14.5 Å². The van der Waals surface area contributed by atoms with Gasteiger partial charge < -0.3 is 19.4 Å². The summed E-state index contributed by atoms with van der Waals surface area (Å²) in [5.74, 6) is 0.357. The van der Waals surface area contributed by atoms with Crippen LogP contribution in [0.5, 0.6) is 5.75 Å². The van der Waals surface area contributed by atoms with Gasteiger partial charge >= 0.3 is 5.97 Å². The molecule has 1 aliphatic rings. The van der Waals surface area contributed by atoms with Gasteiger partial charge in [-0.2, -0.15) is 0 Å². The number of amides is 1. The Kier molecular flexibility index (Phi) is 7.33. The lowest BCUT2D eigenvalue weighted by Gasteiger charge is -2.34. The molecule has 0 aliphatic carbocycles. The van der Waals surface area contributed by atoms with Crippen LogP contribution in [-0.4, -0.2) is 71.5 Å². The van der Waals surface area contributed by atoms with Crippen LogP contribution in [0.3, 0.4) is 0 Å². The third-order valence-electron chi connectivity index (χ3n) is 6.06. The fourth-order valence-electron chi connectivity index (χ4n) is 4.22. The fourth-order valence-corrected chi connectivity index (χ4v) is 5.03. The van der Waals surface area contributed by atoms with E-state index < -0.39 is 5.97 Å². The Bertz CT molecular complexity index is 1160. The topological polar surface area (TPSA) is 87.8 Å². The first kappa shape index (κ1) is 24.0. The van der Waals surface area contributed by atoms with Crippen molar-refractivity contribution in [2.75, 3.05) is 39.9 Å². The van der Waals surface area contributed by atoms with E-state index in [0.717, 1.165) is 41.6 Å². The zero-order valence-corrected chi connectivity index (χ0v) is 20.8. The van der Waals surface area contributed by atoms with Crippen molar-refractivity contribution in [2.45, 2.75) is 27.3 Å². The van der Waals surface area contributed by atoms with E-state index in [-0.39, 0.29) is 5.91 Å². The van der Waals surface area contributed by atoms with Crippen molar-refractivity contribution in [1.29, 1.82) is 0 Å². The predicted octanol–water partition coefficient (Wildman–Crippen LogP) is 3.90. The summed E-state index contributed by atoms with van der Waals surface area (Å²) in [6.45, 7) is 9.20. The van der Waals surface area contributed by atoms with Gasteiger partial charge in [-0.1, -0.05) is 0 Å². The van der Waals surface area contributed by atoms with E-state index in [1.165, 1.54) is 0 Å². The highest BCUT2D eigenvalue weighted by Crippen LogP contribution is 2.26. The first-order valence-corrected chi connectivity index (χ1v) is 12.3. The smallest absolute Gasteiger partial charge is 0.340 e. The minimum Gasteiger partial charge on any atom is -0.497 e. The first-order valence-electron chi connectivity index (χ1n) is 11.4. The predicted molar refractivity (Wildman–Crippen MR) is 132 cm³/mol. The van der Waals surface area contributed by atoms with Crippen molar-refractivity contribution >= 4 is 23.2 Å². The molecule has 1 aromatic carbocycles. The average molecular weight is 483 g/mol. The lowest BCUT2D eigenvalue weighted by Crippen LogP contribution is -2.48. The van der Waals surface area contributed by atoms with Crippen LogP contribution in [0.15, 0.2) is 29.6 Å². The molecule has 8 nitrogen and oxygen atoms in total. The number of carbonyl (C=O) groups excluding carboxylic acids is 2. The molecule has 4 rings (SSSR count). The maximum absolute atomic E-state index is 13.1. The number of nitrogens with one attached hydrogen (secondary N) is 1. The Balaban J connectivity index is 1.35. The van der Waals surface area contributed by atoms with Crippen molar-refractivity contribution in [3.8, 4) is 16.3 Å². The molecule has 0 saturated carbocycles. The quantitative estimate of drug-likeness (QED) is 0.514. The van der Waals surface area contributed by atoms with Crippen LogP contribution in [0.4, 0.5) is 0 Å². The third kappa shape index (κ3) is 5.00. The summed E-state index contributed by atoms with van der Waals surface area (Å²) in [4.78, 5) is 37.4. The monoisotopic (exact) mass is 482 g/mol. The van der Waals surface area contributed by atoms with E-state index in [2.05, 4.69) is 15.3 Å². The summed E-state index contributed by atoms with van der Waals surface area (Å²) in [5, 5.41) is 3.08. The fraction of sp³-hybridized carbons (Fsp3) is 0.400. The lowest BCUT2D eigenvalue weighted by molar-refractivity contribution is 0.0525. The molecule has 3 heterocycles. The summed E-state index contributed by atoms with van der Waals surface area (Å²) in [6.07, 6.45) is 0. The van der Waals surface area contributed by atoms with Crippen molar-refractivity contribution in [1.82, 2.24) is 19.8 Å². The van der Waals surface area contributed by atoms with Gasteiger partial charge in [-0.3, -0.25) is 9.69 Å². The largest absolute Gasteiger partial charge is 0.497 e. The SMILES string of the molecule is CCOC(=O)c1c(C)[nH]c(C(=O)N2CCN(Cc3csc(-c4ccc(OC)cc4)n3)CC2)c1C. The molecular weight excluding hydrogens is 452 g/mol. The average Bonchev–Trinajstić information content (AvgIpc) is 3.43. The number of hydrogen-bond donors (Lipinski definition) is 1. The first-order chi connectivity index (χ1) is 16.4. The van der Waals surface area contributed by atoms with Gasteiger partial charge in [0.25, 0.3) is 5.91 Å². The molecule has 180 valence electrons. The highest BCUT2D eigenvalue weighted by Gasteiger charge is 2.28. The molecule has 2 aromatic heterocycles. The second-order valence-corrected chi connectivity index (χ2v) is 9.14. The van der Waals surface area contributed by atoms with Crippen molar-refractivity contribution < 1.29 is 19.1 Å². The minimum atomic E-state index is -0.394. The summed E-state index contributed by atoms with van der Waals surface area (Å²) >= 11 is 1.63. The standard InChI is InChI=1S/C25H30N4O4S/c1-5-33-25(31)21-16(2)22(26-17(21)3)24(30)29-12-10-28(11-13-29)14-19-15-34-23(27-19)18-6-8-20(32-4)9-7-18/h6-9,15,26H,5,10-14H2,1-4H3. The molecule has 3 aromatic rings. The van der Waals surface area contributed by atoms with Gasteiger partial charge in [0.2, 0.25) is 0 Å². The van der Waals surface area contributed by atoms with Crippen molar-refractivity contribution in [3.63, 3.8) is 0 Å². The summed E-state index contributed by atoms with van der Waals surface area (Å²) < 4.78 is 10.4. The van der Waals surface area contributed by atoms with E-state index in [1.54, 1.807) is 39.2 Å². The van der Waals surface area contributed by atoms with E-state index >= 15 is 0 Å². The molecule has 1 aliphatic heterocycles. The normalized spacial score (nSPS) is 14.3. The Morgan fingerprint density at radius 1 is 1.12 bits per heavy atom. The Hall–Kier alpha value is -3.17. The number of benzene rings is 1. The molecule has 0 atom stereocenters. The Morgan fingerprint density at radius 2 is 1.82 bits per heavy atom. The molecule has 0 radical (unpaired) electrons. The Labute approximate surface area is 203 Å². The summed E-state index contributed by atoms with van der Waals surface area (Å²) in [6, 6.07) is 7.92. The molecule has 1 fully saturated rings. The summed E-state index contributed by atoms with van der Waals surface area (Å²) in [7, 11) is 1.66. The van der Waals surface area contributed by atoms with E-state index in [9.17, 15) is 9.59 Å². The number of hydrogen-bond acceptors (Lipinski definition) is 7. The minimum absolute atomic E-state index is 0.0775. The number of carbonyl (C=O) groups is 2. The third-order valence-corrected chi connectivity index (χ3v) is 7.00. The lowest BCUT2D eigenvalue weighted by atomic mass is 10.1. The number of aryl methyl sites for hydroxylation is 1. The number of esters is 1. The van der Waals surface area contributed by atoms with Crippen molar-refractivity contribution in [2.24, 2.45) is 0 Å². The molecule has 1 amide bonds. The van der Waals surface area contributed by atoms with Gasteiger partial charge in [-0.25, -0.2) is 9.78 Å². The highest BCUT2D eigenvalue weighted by atomic mass is 32.1. The number of thiazole rings is 1. The van der Waals surface area contributed by atoms with Crippen LogP contribution in [0.1, 0.15) is 44.7 Å². The maximum Gasteiger partial charge on any atom is 0.340 e. The molecule has 1 saturated heterocycles. The van der Waals surface area contributed by atoms with E-state index in [1.807, 2.05) is 29.2 Å². The van der Waals surface area contributed by atoms with Gasteiger partial charge in [0, 0.05) is 49.4 Å². The second-order valence-electron chi connectivity index (χ2n) is 8.29. The summed E-state index contributed by atoms with van der Waals surface area (Å²) in [5.41, 5.74) is 4.35. The number of ether oxygens (including phenoxy) is 2. The number of methoxy groups -OCH3 is 1. The van der Waals surface area contributed by atoms with Crippen LogP contribution < -0.4 is 4.74 Å². The number of rotatable bonds is 7. The second kappa shape index (κ2) is 10.4. The van der Waals surface area contributed by atoms with Crippen LogP contribution in [0, 0.1) is 13.8 Å². The molecule has 0 unspecified atom stereocenters. The van der Waals surface area contributed by atoms with Gasteiger partial charge in [-0.15, -0.1) is 11.3 Å². The van der Waals surface area contributed by atoms with Crippen LogP contribution in [0.2, 0.25) is 0 Å². The number of piperazine rings is 1. The van der Waals surface area contributed by atoms with Gasteiger partial charge in [0.15, 0.2) is 0 Å². The van der Waals surface area contributed by atoms with Crippen LogP contribution in [-0.2, 0) is 11.3 Å². The number of H-pyrrole nitrogens is 1. The van der Waals surface area contributed by atoms with Gasteiger partial charge in [0.1, 0.15) is 16.5 Å². The molecule has 1 N–H and O–H groups in total. The van der Waals surface area contributed by atoms with E-state index in [0.29, 0.717) is 42.2 Å². The Morgan fingerprint density at radius 3 is 2.47 bits per heavy atom. The molecule has 0 spiro atoms. The zero-order valence-electron chi connectivity index (χ0n) is 20.0. The molecular formula is C25H30N4O4S. The zero-order chi connectivity index (χ0) is 24.2. The maximum atomic E-state index is 13.1. The van der Waals surface area contributed by atoms with Crippen LogP contribution >= 0.6 is 11.3 Å². The van der Waals surface area contributed by atoms with Gasteiger partial charge in [0.05, 0.1) is 25.0 Å². The molecule has 0 bridgehead atoms. The van der Waals surface area contributed by atoms with Crippen molar-refractivity contribution in [3.05, 3.63) is 57.9 Å². The molecule has 9 heteroatoms. The number of nitrogens with zero attached hydrogens (tertiary/aromatic N) is 3. The highest BCUT2D eigenvalue weighted by molar-refractivity contribution is 7.13. The van der Waals surface area contributed by atoms with Gasteiger partial charge in [-0.05, 0) is 50.6 Å². The number of aromatic nitrogens is 2.